The van der Waals surface area contributed by atoms with Crippen LogP contribution >= 0.6 is 0 Å². The normalized spacial score (nSPS) is 31.7. The summed E-state index contributed by atoms with van der Waals surface area (Å²) >= 11 is 0. The van der Waals surface area contributed by atoms with Crippen molar-refractivity contribution in [3.05, 3.63) is 0 Å². The lowest BCUT2D eigenvalue weighted by Crippen LogP contribution is -2.43. The maximum Gasteiger partial charge on any atom is 0.0808 e. The topological polar surface area (TPSA) is 30.5 Å². The highest BCUT2D eigenvalue weighted by atomic mass is 16.5. The summed E-state index contributed by atoms with van der Waals surface area (Å²) < 4.78 is 12.1. The third kappa shape index (κ3) is 3.46. The van der Waals surface area contributed by atoms with Crippen LogP contribution in [0.5, 0.6) is 0 Å². The van der Waals surface area contributed by atoms with Crippen molar-refractivity contribution in [1.82, 2.24) is 5.32 Å². The zero-order valence-corrected chi connectivity index (χ0v) is 11.5. The SMILES string of the molecule is C1CCC(COC2(CNC3CC3)CCCC2)OC1. The largest absolute Gasteiger partial charge is 0.376 e. The van der Waals surface area contributed by atoms with Gasteiger partial charge in [-0.1, -0.05) is 12.8 Å². The minimum Gasteiger partial charge on any atom is -0.376 e. The van der Waals surface area contributed by atoms with Crippen molar-refractivity contribution < 1.29 is 9.47 Å². The smallest absolute Gasteiger partial charge is 0.0808 e. The maximum atomic E-state index is 6.32. The fourth-order valence-electron chi connectivity index (χ4n) is 3.22. The summed E-state index contributed by atoms with van der Waals surface area (Å²) in [4.78, 5) is 0. The van der Waals surface area contributed by atoms with E-state index in [9.17, 15) is 0 Å². The van der Waals surface area contributed by atoms with Crippen molar-refractivity contribution in [2.75, 3.05) is 19.8 Å². The van der Waals surface area contributed by atoms with Gasteiger partial charge in [0.1, 0.15) is 0 Å². The van der Waals surface area contributed by atoms with Gasteiger partial charge in [0.05, 0.1) is 18.3 Å². The van der Waals surface area contributed by atoms with Crippen molar-refractivity contribution >= 4 is 0 Å². The van der Waals surface area contributed by atoms with Gasteiger partial charge < -0.3 is 14.8 Å². The zero-order chi connectivity index (χ0) is 12.3. The summed E-state index contributed by atoms with van der Waals surface area (Å²) in [7, 11) is 0. The Labute approximate surface area is 111 Å². The van der Waals surface area contributed by atoms with Gasteiger partial charge >= 0.3 is 0 Å². The van der Waals surface area contributed by atoms with Crippen LogP contribution in [0.1, 0.15) is 57.8 Å². The molecule has 0 bridgehead atoms. The molecule has 1 N–H and O–H groups in total. The lowest BCUT2D eigenvalue weighted by Gasteiger charge is -2.33. The van der Waals surface area contributed by atoms with Crippen molar-refractivity contribution in [2.24, 2.45) is 0 Å². The van der Waals surface area contributed by atoms with Gasteiger partial charge in [-0.2, -0.15) is 0 Å². The molecule has 1 unspecified atom stereocenters. The minimum atomic E-state index is 0.128. The summed E-state index contributed by atoms with van der Waals surface area (Å²) in [5.41, 5.74) is 0.128. The van der Waals surface area contributed by atoms with Crippen LogP contribution in [0, 0.1) is 0 Å². The Bertz CT molecular complexity index is 253. The molecule has 1 aliphatic heterocycles. The molecule has 104 valence electrons. The Balaban J connectivity index is 1.45. The van der Waals surface area contributed by atoms with Gasteiger partial charge in [0.15, 0.2) is 0 Å². The van der Waals surface area contributed by atoms with Crippen molar-refractivity contribution in [1.29, 1.82) is 0 Å². The van der Waals surface area contributed by atoms with Gasteiger partial charge in [0.25, 0.3) is 0 Å². The molecule has 3 rings (SSSR count). The molecule has 0 aromatic carbocycles. The average molecular weight is 253 g/mol. The molecule has 3 nitrogen and oxygen atoms in total. The minimum absolute atomic E-state index is 0.128. The van der Waals surface area contributed by atoms with E-state index in [2.05, 4.69) is 5.32 Å². The number of ether oxygens (including phenoxy) is 2. The van der Waals surface area contributed by atoms with Crippen LogP contribution in [-0.2, 0) is 9.47 Å². The fourth-order valence-corrected chi connectivity index (χ4v) is 3.22. The van der Waals surface area contributed by atoms with E-state index in [1.807, 2.05) is 0 Å². The Hall–Kier alpha value is -0.120. The fraction of sp³-hybridized carbons (Fsp3) is 1.00. The molecule has 0 spiro atoms. The van der Waals surface area contributed by atoms with E-state index in [4.69, 9.17) is 9.47 Å². The second kappa shape index (κ2) is 5.89. The zero-order valence-electron chi connectivity index (χ0n) is 11.5. The molecule has 1 heterocycles. The Kier molecular flexibility index (Phi) is 4.22. The second-order valence-electron chi connectivity index (χ2n) is 6.34. The standard InChI is InChI=1S/C15H27NO2/c1-4-10-17-14(5-1)11-18-15(8-2-3-9-15)12-16-13-6-7-13/h13-14,16H,1-12H2. The first kappa shape index (κ1) is 12.9. The van der Waals surface area contributed by atoms with Crippen LogP contribution < -0.4 is 5.32 Å². The molecule has 0 aromatic heterocycles. The van der Waals surface area contributed by atoms with Crippen LogP contribution in [0.3, 0.4) is 0 Å². The predicted molar refractivity (Wildman–Crippen MR) is 71.8 cm³/mol. The Morgan fingerprint density at radius 3 is 2.56 bits per heavy atom. The number of nitrogens with one attached hydrogen (secondary N) is 1. The lowest BCUT2D eigenvalue weighted by molar-refractivity contribution is -0.104. The predicted octanol–water partition coefficient (Wildman–Crippen LogP) is 2.64. The highest BCUT2D eigenvalue weighted by Gasteiger charge is 2.37. The maximum absolute atomic E-state index is 6.32. The van der Waals surface area contributed by atoms with E-state index >= 15 is 0 Å². The Morgan fingerprint density at radius 1 is 1.06 bits per heavy atom. The summed E-state index contributed by atoms with van der Waals surface area (Å²) in [6, 6.07) is 0.789. The highest BCUT2D eigenvalue weighted by Crippen LogP contribution is 2.34. The number of hydrogen-bond acceptors (Lipinski definition) is 3. The molecule has 2 aliphatic carbocycles. The summed E-state index contributed by atoms with van der Waals surface area (Å²) in [6.07, 6.45) is 11.9. The van der Waals surface area contributed by atoms with Gasteiger partial charge in [-0.15, -0.1) is 0 Å². The summed E-state index contributed by atoms with van der Waals surface area (Å²) in [5, 5.41) is 3.66. The van der Waals surface area contributed by atoms with E-state index < -0.39 is 0 Å². The van der Waals surface area contributed by atoms with E-state index in [0.29, 0.717) is 6.10 Å². The average Bonchev–Trinajstić information content (AvgIpc) is 3.14. The Morgan fingerprint density at radius 2 is 1.89 bits per heavy atom. The van der Waals surface area contributed by atoms with Crippen molar-refractivity contribution in [2.45, 2.75) is 75.5 Å². The van der Waals surface area contributed by atoms with Gasteiger partial charge in [-0.25, -0.2) is 0 Å². The summed E-state index contributed by atoms with van der Waals surface area (Å²) in [5.74, 6) is 0. The van der Waals surface area contributed by atoms with Gasteiger partial charge in [-0.3, -0.25) is 0 Å². The van der Waals surface area contributed by atoms with Crippen LogP contribution in [0.15, 0.2) is 0 Å². The molecular formula is C15H27NO2. The van der Waals surface area contributed by atoms with E-state index in [1.54, 1.807) is 0 Å². The summed E-state index contributed by atoms with van der Waals surface area (Å²) in [6.45, 7) is 2.80. The molecule has 0 aromatic rings. The van der Waals surface area contributed by atoms with Gasteiger partial charge in [-0.05, 0) is 44.9 Å². The number of hydrogen-bond donors (Lipinski definition) is 1. The van der Waals surface area contributed by atoms with E-state index in [1.165, 1.54) is 57.8 Å². The first-order valence-electron chi connectivity index (χ1n) is 7.85. The first-order valence-corrected chi connectivity index (χ1v) is 7.85. The third-order valence-electron chi connectivity index (χ3n) is 4.65. The molecule has 2 saturated carbocycles. The van der Waals surface area contributed by atoms with Crippen LogP contribution in [0.4, 0.5) is 0 Å². The third-order valence-corrected chi connectivity index (χ3v) is 4.65. The molecule has 18 heavy (non-hydrogen) atoms. The quantitative estimate of drug-likeness (QED) is 0.789. The molecule has 0 radical (unpaired) electrons. The van der Waals surface area contributed by atoms with Crippen molar-refractivity contribution in [3.8, 4) is 0 Å². The van der Waals surface area contributed by atoms with Crippen LogP contribution in [0.2, 0.25) is 0 Å². The van der Waals surface area contributed by atoms with E-state index in [-0.39, 0.29) is 5.60 Å². The molecular weight excluding hydrogens is 226 g/mol. The number of rotatable bonds is 6. The molecule has 3 aliphatic rings. The molecule has 3 heteroatoms. The lowest BCUT2D eigenvalue weighted by atomic mass is 10.0. The molecule has 1 atom stereocenters. The highest BCUT2D eigenvalue weighted by molar-refractivity contribution is 4.92. The van der Waals surface area contributed by atoms with Gasteiger partial charge in [0, 0.05) is 19.2 Å². The van der Waals surface area contributed by atoms with Crippen molar-refractivity contribution in [3.63, 3.8) is 0 Å². The van der Waals surface area contributed by atoms with Gasteiger partial charge in [0.2, 0.25) is 0 Å². The van der Waals surface area contributed by atoms with Crippen LogP contribution in [0.25, 0.3) is 0 Å². The molecule has 3 fully saturated rings. The monoisotopic (exact) mass is 253 g/mol. The second-order valence-corrected chi connectivity index (χ2v) is 6.34. The molecule has 0 amide bonds. The molecule has 1 saturated heterocycles. The first-order chi connectivity index (χ1) is 8.86. The van der Waals surface area contributed by atoms with E-state index in [0.717, 1.165) is 25.8 Å². The van der Waals surface area contributed by atoms with Crippen LogP contribution in [-0.4, -0.2) is 37.5 Å².